The fourth-order valence-corrected chi connectivity index (χ4v) is 2.67. The molecule has 98 valence electrons. The molecule has 0 aliphatic carbocycles. The third-order valence-corrected chi connectivity index (χ3v) is 3.79. The number of likely N-dealkylation sites (tertiary alicyclic amines) is 1. The molecule has 1 amide bonds. The van der Waals surface area contributed by atoms with Crippen LogP contribution >= 0.6 is 0 Å². The van der Waals surface area contributed by atoms with E-state index in [9.17, 15) is 4.79 Å². The van der Waals surface area contributed by atoms with Crippen molar-refractivity contribution in [3.8, 4) is 0 Å². The predicted octanol–water partition coefficient (Wildman–Crippen LogP) is 3.36. The van der Waals surface area contributed by atoms with E-state index in [2.05, 4.69) is 45.0 Å². The Bertz CT molecular complexity index is 425. The molecule has 0 spiro atoms. The standard InChI is InChI=1S/C16H23NO/c1-12(2)15-7-4-6-14(11-15)10-13(3)17-9-5-8-16(17)18/h4,6-7,11-13H,5,8-10H2,1-3H3. The zero-order valence-corrected chi connectivity index (χ0v) is 11.6. The van der Waals surface area contributed by atoms with Crippen LogP contribution < -0.4 is 0 Å². The van der Waals surface area contributed by atoms with Gasteiger partial charge in [0.05, 0.1) is 0 Å². The van der Waals surface area contributed by atoms with E-state index in [0.29, 0.717) is 17.9 Å². The summed E-state index contributed by atoms with van der Waals surface area (Å²) in [5, 5.41) is 0. The van der Waals surface area contributed by atoms with E-state index in [0.717, 1.165) is 25.8 Å². The maximum Gasteiger partial charge on any atom is 0.222 e. The van der Waals surface area contributed by atoms with E-state index in [1.807, 2.05) is 4.90 Å². The second-order valence-electron chi connectivity index (χ2n) is 5.64. The molecule has 2 nitrogen and oxygen atoms in total. The van der Waals surface area contributed by atoms with Gasteiger partial charge in [0.2, 0.25) is 5.91 Å². The fourth-order valence-electron chi connectivity index (χ4n) is 2.67. The Morgan fingerprint density at radius 1 is 1.28 bits per heavy atom. The molecule has 0 bridgehead atoms. The summed E-state index contributed by atoms with van der Waals surface area (Å²) in [5.74, 6) is 0.885. The summed E-state index contributed by atoms with van der Waals surface area (Å²) < 4.78 is 0. The van der Waals surface area contributed by atoms with Gasteiger partial charge in [0.15, 0.2) is 0 Å². The van der Waals surface area contributed by atoms with Crippen LogP contribution in [0.5, 0.6) is 0 Å². The largest absolute Gasteiger partial charge is 0.340 e. The highest BCUT2D eigenvalue weighted by atomic mass is 16.2. The predicted molar refractivity (Wildman–Crippen MR) is 74.6 cm³/mol. The van der Waals surface area contributed by atoms with Crippen LogP contribution in [-0.2, 0) is 11.2 Å². The molecule has 2 heteroatoms. The summed E-state index contributed by atoms with van der Waals surface area (Å²) in [6, 6.07) is 9.08. The monoisotopic (exact) mass is 245 g/mol. The molecule has 0 aromatic heterocycles. The molecule has 18 heavy (non-hydrogen) atoms. The van der Waals surface area contributed by atoms with Crippen LogP contribution in [0.25, 0.3) is 0 Å². The van der Waals surface area contributed by atoms with Crippen LogP contribution in [0.3, 0.4) is 0 Å². The van der Waals surface area contributed by atoms with Gasteiger partial charge in [-0.25, -0.2) is 0 Å². The lowest BCUT2D eigenvalue weighted by Crippen LogP contribution is -2.35. The second kappa shape index (κ2) is 5.55. The Morgan fingerprint density at radius 3 is 2.67 bits per heavy atom. The van der Waals surface area contributed by atoms with Gasteiger partial charge in [0, 0.05) is 19.0 Å². The SMILES string of the molecule is CC(C)c1cccc(CC(C)N2CCCC2=O)c1. The van der Waals surface area contributed by atoms with E-state index < -0.39 is 0 Å². The fraction of sp³-hybridized carbons (Fsp3) is 0.562. The molecule has 1 aliphatic heterocycles. The van der Waals surface area contributed by atoms with Gasteiger partial charge in [0.25, 0.3) is 0 Å². The van der Waals surface area contributed by atoms with E-state index >= 15 is 0 Å². The normalized spacial score (nSPS) is 17.6. The van der Waals surface area contributed by atoms with Crippen LogP contribution in [0.15, 0.2) is 24.3 Å². The third kappa shape index (κ3) is 2.92. The molecule has 1 aliphatic rings. The lowest BCUT2D eigenvalue weighted by molar-refractivity contribution is -0.129. The molecule has 1 fully saturated rings. The van der Waals surface area contributed by atoms with Gasteiger partial charge in [-0.2, -0.15) is 0 Å². The number of hydrogen-bond acceptors (Lipinski definition) is 1. The van der Waals surface area contributed by atoms with Crippen LogP contribution in [0.2, 0.25) is 0 Å². The molecule has 1 atom stereocenters. The van der Waals surface area contributed by atoms with Gasteiger partial charge in [0.1, 0.15) is 0 Å². The summed E-state index contributed by atoms with van der Waals surface area (Å²) in [5.41, 5.74) is 2.72. The van der Waals surface area contributed by atoms with Crippen molar-refractivity contribution in [2.24, 2.45) is 0 Å². The quantitative estimate of drug-likeness (QED) is 0.796. The minimum Gasteiger partial charge on any atom is -0.340 e. The molecule has 0 N–H and O–H groups in total. The first-order valence-electron chi connectivity index (χ1n) is 6.96. The molecule has 2 rings (SSSR count). The van der Waals surface area contributed by atoms with Crippen molar-refractivity contribution in [1.82, 2.24) is 4.90 Å². The highest BCUT2D eigenvalue weighted by Gasteiger charge is 2.24. The van der Waals surface area contributed by atoms with E-state index in [1.54, 1.807) is 0 Å². The number of benzene rings is 1. The van der Waals surface area contributed by atoms with Gasteiger partial charge < -0.3 is 4.90 Å². The van der Waals surface area contributed by atoms with Crippen molar-refractivity contribution in [3.05, 3.63) is 35.4 Å². The van der Waals surface area contributed by atoms with Gasteiger partial charge in [-0.15, -0.1) is 0 Å². The number of carbonyl (C=O) groups excluding carboxylic acids is 1. The first-order valence-corrected chi connectivity index (χ1v) is 6.96. The van der Waals surface area contributed by atoms with Crippen LogP contribution in [0.4, 0.5) is 0 Å². The van der Waals surface area contributed by atoms with Crippen molar-refractivity contribution in [3.63, 3.8) is 0 Å². The van der Waals surface area contributed by atoms with E-state index in [-0.39, 0.29) is 0 Å². The number of hydrogen-bond donors (Lipinski definition) is 0. The van der Waals surface area contributed by atoms with Crippen molar-refractivity contribution in [2.75, 3.05) is 6.54 Å². The van der Waals surface area contributed by atoms with Crippen LogP contribution in [0, 0.1) is 0 Å². The van der Waals surface area contributed by atoms with Crippen LogP contribution in [0.1, 0.15) is 50.7 Å². The third-order valence-electron chi connectivity index (χ3n) is 3.79. The number of nitrogens with zero attached hydrogens (tertiary/aromatic N) is 1. The Balaban J connectivity index is 2.04. The molecule has 1 saturated heterocycles. The minimum atomic E-state index is 0.322. The van der Waals surface area contributed by atoms with Crippen molar-refractivity contribution in [1.29, 1.82) is 0 Å². The highest BCUT2D eigenvalue weighted by Crippen LogP contribution is 2.20. The summed E-state index contributed by atoms with van der Waals surface area (Å²) >= 11 is 0. The smallest absolute Gasteiger partial charge is 0.222 e. The molecular weight excluding hydrogens is 222 g/mol. The summed E-state index contributed by atoms with van der Waals surface area (Å²) in [6.07, 6.45) is 2.72. The van der Waals surface area contributed by atoms with Gasteiger partial charge in [-0.05, 0) is 36.8 Å². The Labute approximate surface area is 110 Å². The summed E-state index contributed by atoms with van der Waals surface area (Å²) in [7, 11) is 0. The van der Waals surface area contributed by atoms with E-state index in [1.165, 1.54) is 11.1 Å². The number of rotatable bonds is 4. The topological polar surface area (TPSA) is 20.3 Å². The van der Waals surface area contributed by atoms with Gasteiger partial charge >= 0.3 is 0 Å². The molecule has 1 aromatic rings. The average molecular weight is 245 g/mol. The molecule has 0 radical (unpaired) electrons. The number of carbonyl (C=O) groups is 1. The Kier molecular flexibility index (Phi) is 4.05. The Hall–Kier alpha value is -1.31. The zero-order chi connectivity index (χ0) is 13.1. The molecule has 0 saturated carbocycles. The van der Waals surface area contributed by atoms with Gasteiger partial charge in [-0.1, -0.05) is 38.1 Å². The maximum absolute atomic E-state index is 11.7. The lowest BCUT2D eigenvalue weighted by Gasteiger charge is -2.24. The molecule has 1 aromatic carbocycles. The molecule has 1 unspecified atom stereocenters. The first-order chi connectivity index (χ1) is 8.58. The minimum absolute atomic E-state index is 0.322. The summed E-state index contributed by atoms with van der Waals surface area (Å²) in [4.78, 5) is 13.7. The average Bonchev–Trinajstić information content (AvgIpc) is 2.76. The van der Waals surface area contributed by atoms with Crippen molar-refractivity contribution < 1.29 is 4.79 Å². The van der Waals surface area contributed by atoms with E-state index in [4.69, 9.17) is 0 Å². The zero-order valence-electron chi connectivity index (χ0n) is 11.6. The van der Waals surface area contributed by atoms with Crippen LogP contribution in [-0.4, -0.2) is 23.4 Å². The molecular formula is C16H23NO. The van der Waals surface area contributed by atoms with Crippen molar-refractivity contribution >= 4 is 5.91 Å². The highest BCUT2D eigenvalue weighted by molar-refractivity contribution is 5.78. The first kappa shape index (κ1) is 13.1. The second-order valence-corrected chi connectivity index (χ2v) is 5.64. The number of amides is 1. The maximum atomic E-state index is 11.7. The lowest BCUT2D eigenvalue weighted by atomic mass is 9.98. The van der Waals surface area contributed by atoms with Gasteiger partial charge in [-0.3, -0.25) is 4.79 Å². The Morgan fingerprint density at radius 2 is 2.06 bits per heavy atom. The van der Waals surface area contributed by atoms with Crippen molar-refractivity contribution in [2.45, 2.75) is 52.0 Å². The molecule has 1 heterocycles. The summed E-state index contributed by atoms with van der Waals surface area (Å²) in [6.45, 7) is 7.52.